The Kier molecular flexibility index (Phi) is 5.92. The van der Waals surface area contributed by atoms with Gasteiger partial charge in [-0.05, 0) is 31.0 Å². The van der Waals surface area contributed by atoms with Gasteiger partial charge in [-0.3, -0.25) is 4.79 Å². The van der Waals surface area contributed by atoms with Crippen LogP contribution in [-0.4, -0.2) is 45.0 Å². The summed E-state index contributed by atoms with van der Waals surface area (Å²) in [4.78, 5) is 12.5. The summed E-state index contributed by atoms with van der Waals surface area (Å²) in [6.45, 7) is 1.07. The molecule has 2 aromatic rings. The second kappa shape index (κ2) is 8.61. The minimum Gasteiger partial charge on any atom is -0.486 e. The third-order valence-electron chi connectivity index (χ3n) is 5.27. The molecule has 0 amide bonds. The molecule has 2 aliphatic rings. The van der Waals surface area contributed by atoms with Crippen molar-refractivity contribution in [3.8, 4) is 11.5 Å². The molecule has 0 radical (unpaired) electrons. The van der Waals surface area contributed by atoms with Gasteiger partial charge in [0, 0.05) is 24.7 Å². The molecule has 0 unspecified atom stereocenters. The molecule has 0 atom stereocenters. The van der Waals surface area contributed by atoms with Crippen LogP contribution in [0.5, 0.6) is 11.5 Å². The number of esters is 1. The number of sulfonamides is 1. The fraction of sp³-hybridized carbons (Fsp3) is 0.381. The van der Waals surface area contributed by atoms with Crippen LogP contribution in [0.1, 0.15) is 18.4 Å². The number of carbonyl (C=O) groups excluding carboxylic acids is 1. The van der Waals surface area contributed by atoms with Gasteiger partial charge in [-0.15, -0.1) is 0 Å². The lowest BCUT2D eigenvalue weighted by Gasteiger charge is -2.30. The lowest BCUT2D eigenvalue weighted by Crippen LogP contribution is -2.40. The van der Waals surface area contributed by atoms with Crippen LogP contribution in [-0.2, 0) is 26.2 Å². The van der Waals surface area contributed by atoms with E-state index in [4.69, 9.17) is 14.2 Å². The highest BCUT2D eigenvalue weighted by molar-refractivity contribution is 7.89. The molecule has 2 heterocycles. The summed E-state index contributed by atoms with van der Waals surface area (Å²) < 4.78 is 57.1. The molecule has 0 aromatic heterocycles. The Morgan fingerprint density at radius 1 is 1.07 bits per heavy atom. The molecule has 9 heteroatoms. The van der Waals surface area contributed by atoms with Crippen LogP contribution in [0.2, 0.25) is 0 Å². The Morgan fingerprint density at radius 2 is 1.77 bits per heavy atom. The van der Waals surface area contributed by atoms with E-state index >= 15 is 0 Å². The van der Waals surface area contributed by atoms with E-state index in [1.54, 1.807) is 24.3 Å². The van der Waals surface area contributed by atoms with Crippen molar-refractivity contribution >= 4 is 16.0 Å². The van der Waals surface area contributed by atoms with Gasteiger partial charge in [-0.2, -0.15) is 4.31 Å². The molecule has 0 bridgehead atoms. The standard InChI is InChI=1S/C21H22FNO6S/c22-18-4-2-1-3-16(18)14-29-21(24)15-7-9-23(10-8-15)30(25,26)17-5-6-19-20(13-17)28-12-11-27-19/h1-6,13,15H,7-12,14H2. The van der Waals surface area contributed by atoms with E-state index in [2.05, 4.69) is 0 Å². The normalized spacial score (nSPS) is 17.5. The minimum atomic E-state index is -3.71. The highest BCUT2D eigenvalue weighted by Crippen LogP contribution is 2.34. The maximum atomic E-state index is 13.6. The molecule has 2 aromatic carbocycles. The highest BCUT2D eigenvalue weighted by atomic mass is 32.2. The van der Waals surface area contributed by atoms with E-state index in [0.29, 0.717) is 43.1 Å². The second-order valence-corrected chi connectivity index (χ2v) is 9.12. The molecule has 1 saturated heterocycles. The third kappa shape index (κ3) is 4.27. The maximum absolute atomic E-state index is 13.6. The Balaban J connectivity index is 1.35. The number of nitrogens with zero attached hydrogens (tertiary/aromatic N) is 1. The maximum Gasteiger partial charge on any atom is 0.309 e. The van der Waals surface area contributed by atoms with Gasteiger partial charge in [-0.1, -0.05) is 18.2 Å². The van der Waals surface area contributed by atoms with Crippen LogP contribution in [0.15, 0.2) is 47.4 Å². The number of piperidine rings is 1. The minimum absolute atomic E-state index is 0.132. The van der Waals surface area contributed by atoms with Crippen molar-refractivity contribution in [1.82, 2.24) is 4.31 Å². The summed E-state index contributed by atoms with van der Waals surface area (Å²) in [6, 6.07) is 10.7. The number of ether oxygens (including phenoxy) is 3. The first-order valence-corrected chi connectivity index (χ1v) is 11.2. The second-order valence-electron chi connectivity index (χ2n) is 7.18. The molecule has 0 saturated carbocycles. The zero-order valence-corrected chi connectivity index (χ0v) is 17.1. The number of fused-ring (bicyclic) bond motifs is 1. The SMILES string of the molecule is O=C(OCc1ccccc1F)C1CCN(S(=O)(=O)c2ccc3c(c2)OCCO3)CC1. The molecule has 30 heavy (non-hydrogen) atoms. The lowest BCUT2D eigenvalue weighted by atomic mass is 9.98. The fourth-order valence-corrected chi connectivity index (χ4v) is 5.03. The smallest absolute Gasteiger partial charge is 0.309 e. The van der Waals surface area contributed by atoms with Crippen molar-refractivity contribution in [2.24, 2.45) is 5.92 Å². The summed E-state index contributed by atoms with van der Waals surface area (Å²) in [5.74, 6) is -0.339. The Morgan fingerprint density at radius 3 is 2.50 bits per heavy atom. The van der Waals surface area contributed by atoms with Crippen molar-refractivity contribution in [2.75, 3.05) is 26.3 Å². The summed E-state index contributed by atoms with van der Waals surface area (Å²) in [6.07, 6.45) is 0.694. The van der Waals surface area contributed by atoms with Crippen LogP contribution in [0.3, 0.4) is 0 Å². The van der Waals surface area contributed by atoms with E-state index in [1.807, 2.05) is 0 Å². The predicted octanol–water partition coefficient (Wildman–Crippen LogP) is 2.74. The number of rotatable bonds is 5. The number of hydrogen-bond acceptors (Lipinski definition) is 6. The van der Waals surface area contributed by atoms with Crippen molar-refractivity contribution in [3.63, 3.8) is 0 Å². The quantitative estimate of drug-likeness (QED) is 0.672. The highest BCUT2D eigenvalue weighted by Gasteiger charge is 2.33. The molecule has 0 spiro atoms. The monoisotopic (exact) mass is 435 g/mol. The van der Waals surface area contributed by atoms with E-state index < -0.39 is 27.7 Å². The van der Waals surface area contributed by atoms with Gasteiger partial charge < -0.3 is 14.2 Å². The van der Waals surface area contributed by atoms with Crippen LogP contribution in [0.25, 0.3) is 0 Å². The van der Waals surface area contributed by atoms with Crippen molar-refractivity contribution < 1.29 is 31.8 Å². The average Bonchev–Trinajstić information content (AvgIpc) is 2.78. The molecule has 1 fully saturated rings. The van der Waals surface area contributed by atoms with Gasteiger partial charge in [-0.25, -0.2) is 12.8 Å². The molecule has 7 nitrogen and oxygen atoms in total. The Hall–Kier alpha value is -2.65. The van der Waals surface area contributed by atoms with Crippen LogP contribution >= 0.6 is 0 Å². The van der Waals surface area contributed by atoms with E-state index in [1.165, 1.54) is 22.5 Å². The number of halogens is 1. The summed E-state index contributed by atoms with van der Waals surface area (Å²) in [5.41, 5.74) is 0.310. The molecule has 0 N–H and O–H groups in total. The van der Waals surface area contributed by atoms with E-state index in [0.717, 1.165) is 0 Å². The van der Waals surface area contributed by atoms with Crippen LogP contribution in [0, 0.1) is 11.7 Å². The van der Waals surface area contributed by atoms with Crippen molar-refractivity contribution in [2.45, 2.75) is 24.3 Å². The third-order valence-corrected chi connectivity index (χ3v) is 7.16. The zero-order chi connectivity index (χ0) is 21.1. The Labute approximate surface area is 174 Å². The van der Waals surface area contributed by atoms with Gasteiger partial charge >= 0.3 is 5.97 Å². The first-order chi connectivity index (χ1) is 14.4. The zero-order valence-electron chi connectivity index (χ0n) is 16.3. The summed E-state index contributed by atoms with van der Waals surface area (Å²) in [7, 11) is -3.71. The van der Waals surface area contributed by atoms with Crippen molar-refractivity contribution in [3.05, 3.63) is 53.8 Å². The van der Waals surface area contributed by atoms with E-state index in [-0.39, 0.29) is 24.6 Å². The lowest BCUT2D eigenvalue weighted by molar-refractivity contribution is -0.151. The fourth-order valence-electron chi connectivity index (χ4n) is 3.55. The predicted molar refractivity (Wildman–Crippen MR) is 105 cm³/mol. The number of hydrogen-bond donors (Lipinski definition) is 0. The van der Waals surface area contributed by atoms with Gasteiger partial charge in [0.25, 0.3) is 0 Å². The topological polar surface area (TPSA) is 82.1 Å². The molecule has 4 rings (SSSR count). The molecular formula is C21H22FNO6S. The first kappa shape index (κ1) is 20.6. The molecule has 2 aliphatic heterocycles. The molecule has 0 aliphatic carbocycles. The molecular weight excluding hydrogens is 413 g/mol. The van der Waals surface area contributed by atoms with Gasteiger partial charge in [0.15, 0.2) is 11.5 Å². The van der Waals surface area contributed by atoms with Gasteiger partial charge in [0.05, 0.1) is 10.8 Å². The first-order valence-electron chi connectivity index (χ1n) is 9.75. The summed E-state index contributed by atoms with van der Waals surface area (Å²) in [5, 5.41) is 0. The van der Waals surface area contributed by atoms with Crippen LogP contribution < -0.4 is 9.47 Å². The number of carbonyl (C=O) groups is 1. The van der Waals surface area contributed by atoms with Gasteiger partial charge in [0.2, 0.25) is 10.0 Å². The molecule has 160 valence electrons. The van der Waals surface area contributed by atoms with Crippen LogP contribution in [0.4, 0.5) is 4.39 Å². The van der Waals surface area contributed by atoms with E-state index in [9.17, 15) is 17.6 Å². The van der Waals surface area contributed by atoms with Gasteiger partial charge in [0.1, 0.15) is 25.6 Å². The number of benzene rings is 2. The largest absolute Gasteiger partial charge is 0.486 e. The average molecular weight is 435 g/mol. The summed E-state index contributed by atoms with van der Waals surface area (Å²) >= 11 is 0. The Bertz CT molecular complexity index is 1030. The van der Waals surface area contributed by atoms with Crippen molar-refractivity contribution in [1.29, 1.82) is 0 Å².